The van der Waals surface area contributed by atoms with E-state index >= 15 is 0 Å². The fourth-order valence-electron chi connectivity index (χ4n) is 2.10. The van der Waals surface area contributed by atoms with Crippen LogP contribution >= 0.6 is 0 Å². The van der Waals surface area contributed by atoms with Crippen molar-refractivity contribution in [3.05, 3.63) is 28.3 Å². The Labute approximate surface area is 115 Å². The second-order valence-electron chi connectivity index (χ2n) is 5.08. The quantitative estimate of drug-likeness (QED) is 0.883. The van der Waals surface area contributed by atoms with Gasteiger partial charge in [0, 0.05) is 18.7 Å². The van der Waals surface area contributed by atoms with E-state index in [1.165, 1.54) is 0 Å². The maximum Gasteiger partial charge on any atom is 0.251 e. The molecule has 0 heterocycles. The van der Waals surface area contributed by atoms with Crippen LogP contribution in [0, 0.1) is 20.8 Å². The summed E-state index contributed by atoms with van der Waals surface area (Å²) in [5, 5.41) is 2.94. The third-order valence-electron chi connectivity index (χ3n) is 3.32. The van der Waals surface area contributed by atoms with Gasteiger partial charge in [-0.15, -0.1) is 0 Å². The molecule has 1 aromatic rings. The minimum Gasteiger partial charge on any atom is -0.496 e. The molecule has 0 saturated carbocycles. The number of aryl methyl sites for hydroxylation is 1. The van der Waals surface area contributed by atoms with Crippen molar-refractivity contribution in [2.45, 2.75) is 20.8 Å². The number of methoxy groups -OCH3 is 1. The summed E-state index contributed by atoms with van der Waals surface area (Å²) in [5.74, 6) is 0.843. The lowest BCUT2D eigenvalue weighted by Crippen LogP contribution is -2.31. The number of hydrogen-bond acceptors (Lipinski definition) is 3. The van der Waals surface area contributed by atoms with E-state index in [0.29, 0.717) is 6.54 Å². The summed E-state index contributed by atoms with van der Waals surface area (Å²) < 4.78 is 5.37. The first kappa shape index (κ1) is 15.5. The summed E-state index contributed by atoms with van der Waals surface area (Å²) in [6, 6.07) is 1.90. The number of benzene rings is 1. The van der Waals surface area contributed by atoms with Crippen LogP contribution in [0.4, 0.5) is 0 Å². The van der Waals surface area contributed by atoms with Crippen LogP contribution in [-0.4, -0.2) is 45.1 Å². The molecule has 0 radical (unpaired) electrons. The number of nitrogens with zero attached hydrogens (tertiary/aromatic N) is 1. The molecule has 0 aromatic heterocycles. The van der Waals surface area contributed by atoms with Gasteiger partial charge in [-0.3, -0.25) is 4.79 Å². The van der Waals surface area contributed by atoms with E-state index in [2.05, 4.69) is 5.32 Å². The molecule has 0 bridgehead atoms. The number of likely N-dealkylation sites (N-methyl/N-ethyl adjacent to an activating group) is 1. The molecule has 19 heavy (non-hydrogen) atoms. The van der Waals surface area contributed by atoms with E-state index in [1.54, 1.807) is 7.11 Å². The van der Waals surface area contributed by atoms with Crippen LogP contribution in [0.3, 0.4) is 0 Å². The average molecular weight is 264 g/mol. The monoisotopic (exact) mass is 264 g/mol. The van der Waals surface area contributed by atoms with Gasteiger partial charge in [-0.25, -0.2) is 0 Å². The van der Waals surface area contributed by atoms with Crippen molar-refractivity contribution in [1.82, 2.24) is 10.2 Å². The summed E-state index contributed by atoms with van der Waals surface area (Å²) in [6.07, 6.45) is 0. The molecule has 0 aliphatic rings. The molecule has 0 atom stereocenters. The summed E-state index contributed by atoms with van der Waals surface area (Å²) >= 11 is 0. The minimum absolute atomic E-state index is 0.0202. The molecule has 0 aliphatic heterocycles. The highest BCUT2D eigenvalue weighted by molar-refractivity contribution is 5.96. The van der Waals surface area contributed by atoms with Gasteiger partial charge in [0.25, 0.3) is 5.91 Å². The molecule has 1 N–H and O–H groups in total. The van der Waals surface area contributed by atoms with Crippen LogP contribution in [0.2, 0.25) is 0 Å². The topological polar surface area (TPSA) is 41.6 Å². The lowest BCUT2D eigenvalue weighted by Gasteiger charge is -2.16. The maximum atomic E-state index is 12.2. The molecular weight excluding hydrogens is 240 g/mol. The number of carbonyl (C=O) groups is 1. The van der Waals surface area contributed by atoms with Crippen LogP contribution in [0.1, 0.15) is 27.0 Å². The molecule has 106 valence electrons. The highest BCUT2D eigenvalue weighted by Crippen LogP contribution is 2.28. The molecular formula is C15H24N2O2. The Bertz CT molecular complexity index is 468. The summed E-state index contributed by atoms with van der Waals surface area (Å²) in [4.78, 5) is 14.2. The fraction of sp³-hybridized carbons (Fsp3) is 0.533. The van der Waals surface area contributed by atoms with Crippen LogP contribution in [-0.2, 0) is 0 Å². The van der Waals surface area contributed by atoms with Crippen molar-refractivity contribution in [2.75, 3.05) is 34.3 Å². The maximum absolute atomic E-state index is 12.2. The van der Waals surface area contributed by atoms with Gasteiger partial charge in [-0.2, -0.15) is 0 Å². The summed E-state index contributed by atoms with van der Waals surface area (Å²) in [5.41, 5.74) is 3.72. The van der Waals surface area contributed by atoms with Crippen molar-refractivity contribution >= 4 is 5.91 Å². The predicted molar refractivity (Wildman–Crippen MR) is 78.1 cm³/mol. The van der Waals surface area contributed by atoms with Gasteiger partial charge in [0.15, 0.2) is 0 Å². The minimum atomic E-state index is -0.0202. The third kappa shape index (κ3) is 3.70. The zero-order valence-corrected chi connectivity index (χ0v) is 12.8. The van der Waals surface area contributed by atoms with E-state index in [1.807, 2.05) is 45.8 Å². The van der Waals surface area contributed by atoms with Crippen molar-refractivity contribution < 1.29 is 9.53 Å². The summed E-state index contributed by atoms with van der Waals surface area (Å²) in [6.45, 7) is 7.38. The van der Waals surface area contributed by atoms with Gasteiger partial charge in [0.2, 0.25) is 0 Å². The fourth-order valence-corrected chi connectivity index (χ4v) is 2.10. The standard InChI is InChI=1S/C15H24N2O2/c1-10-9-13(11(2)12(3)14(10)19-6)15(18)16-7-8-17(4)5/h9H,7-8H2,1-6H3,(H,16,18). The SMILES string of the molecule is COc1c(C)cc(C(=O)NCCN(C)C)c(C)c1C. The molecule has 4 heteroatoms. The molecule has 4 nitrogen and oxygen atoms in total. The third-order valence-corrected chi connectivity index (χ3v) is 3.32. The average Bonchev–Trinajstić information content (AvgIpc) is 2.33. The molecule has 0 aliphatic carbocycles. The molecule has 1 rings (SSSR count). The normalized spacial score (nSPS) is 10.7. The number of ether oxygens (including phenoxy) is 1. The van der Waals surface area contributed by atoms with E-state index < -0.39 is 0 Å². The smallest absolute Gasteiger partial charge is 0.251 e. The van der Waals surface area contributed by atoms with E-state index in [0.717, 1.165) is 34.5 Å². The zero-order valence-electron chi connectivity index (χ0n) is 12.8. The van der Waals surface area contributed by atoms with Gasteiger partial charge in [0.05, 0.1) is 7.11 Å². The largest absolute Gasteiger partial charge is 0.496 e. The van der Waals surface area contributed by atoms with Gasteiger partial charge in [-0.1, -0.05) is 0 Å². The second-order valence-corrected chi connectivity index (χ2v) is 5.08. The first-order valence-corrected chi connectivity index (χ1v) is 6.46. The van der Waals surface area contributed by atoms with Gasteiger partial charge >= 0.3 is 0 Å². The Balaban J connectivity index is 2.92. The zero-order chi connectivity index (χ0) is 14.6. The van der Waals surface area contributed by atoms with Crippen LogP contribution in [0.5, 0.6) is 5.75 Å². The van der Waals surface area contributed by atoms with Crippen LogP contribution < -0.4 is 10.1 Å². The lowest BCUT2D eigenvalue weighted by atomic mass is 9.98. The second kappa shape index (κ2) is 6.57. The van der Waals surface area contributed by atoms with Gasteiger partial charge < -0.3 is 15.0 Å². The lowest BCUT2D eigenvalue weighted by molar-refractivity contribution is 0.0950. The Morgan fingerprint density at radius 2 is 1.89 bits per heavy atom. The molecule has 0 saturated heterocycles. The number of carbonyl (C=O) groups excluding carboxylic acids is 1. The Kier molecular flexibility index (Phi) is 5.36. The highest BCUT2D eigenvalue weighted by atomic mass is 16.5. The van der Waals surface area contributed by atoms with Crippen molar-refractivity contribution in [2.24, 2.45) is 0 Å². The first-order valence-electron chi connectivity index (χ1n) is 6.46. The van der Waals surface area contributed by atoms with Gasteiger partial charge in [-0.05, 0) is 57.6 Å². The van der Waals surface area contributed by atoms with Crippen LogP contribution in [0.25, 0.3) is 0 Å². The van der Waals surface area contributed by atoms with Gasteiger partial charge in [0.1, 0.15) is 5.75 Å². The van der Waals surface area contributed by atoms with Crippen molar-refractivity contribution in [1.29, 1.82) is 0 Å². The first-order chi connectivity index (χ1) is 8.88. The van der Waals surface area contributed by atoms with E-state index in [4.69, 9.17) is 4.74 Å². The molecule has 0 spiro atoms. The molecule has 0 fully saturated rings. The van der Waals surface area contributed by atoms with E-state index in [9.17, 15) is 4.79 Å². The molecule has 1 amide bonds. The Morgan fingerprint density at radius 3 is 2.42 bits per heavy atom. The van der Waals surface area contributed by atoms with Crippen LogP contribution in [0.15, 0.2) is 6.07 Å². The van der Waals surface area contributed by atoms with E-state index in [-0.39, 0.29) is 5.91 Å². The number of rotatable bonds is 5. The van der Waals surface area contributed by atoms with Crippen molar-refractivity contribution in [3.8, 4) is 5.75 Å². The summed E-state index contributed by atoms with van der Waals surface area (Å²) in [7, 11) is 5.63. The Hall–Kier alpha value is -1.55. The van der Waals surface area contributed by atoms with Crippen molar-refractivity contribution in [3.63, 3.8) is 0 Å². The number of hydrogen-bond donors (Lipinski definition) is 1. The predicted octanol–water partition coefficient (Wildman–Crippen LogP) is 1.91. The Morgan fingerprint density at radius 1 is 1.26 bits per heavy atom. The molecule has 1 aromatic carbocycles. The number of nitrogens with one attached hydrogen (secondary N) is 1. The number of amides is 1. The molecule has 0 unspecified atom stereocenters. The highest BCUT2D eigenvalue weighted by Gasteiger charge is 2.15.